The van der Waals surface area contributed by atoms with Crippen LogP contribution in [-0.4, -0.2) is 26.0 Å². The molecule has 0 saturated heterocycles. The molecule has 1 atom stereocenters. The van der Waals surface area contributed by atoms with Crippen LogP contribution in [0.25, 0.3) is 0 Å². The van der Waals surface area contributed by atoms with Gasteiger partial charge in [0.1, 0.15) is 0 Å². The van der Waals surface area contributed by atoms with E-state index in [2.05, 4.69) is 15.0 Å². The molecule has 2 rings (SSSR count). The number of aromatic amines is 1. The van der Waals surface area contributed by atoms with Gasteiger partial charge in [-0.15, -0.1) is 11.3 Å². The van der Waals surface area contributed by atoms with Crippen LogP contribution in [0.3, 0.4) is 0 Å². The second kappa shape index (κ2) is 7.22. The Morgan fingerprint density at radius 1 is 1.43 bits per heavy atom. The average molecular weight is 327 g/mol. The molecule has 0 aromatic carbocycles. The second-order valence-corrected chi connectivity index (χ2v) is 7.69. The summed E-state index contributed by atoms with van der Waals surface area (Å²) in [5, 5.41) is 5.15. The maximum absolute atomic E-state index is 12.3. The predicted molar refractivity (Wildman–Crippen MR) is 86.0 cm³/mol. The highest BCUT2D eigenvalue weighted by molar-refractivity contribution is 7.89. The van der Waals surface area contributed by atoms with Gasteiger partial charge in [0.2, 0.25) is 10.0 Å². The van der Waals surface area contributed by atoms with E-state index in [4.69, 9.17) is 0 Å². The molecule has 7 heteroatoms. The fourth-order valence-electron chi connectivity index (χ4n) is 2.04. The first kappa shape index (κ1) is 16.2. The van der Waals surface area contributed by atoms with Gasteiger partial charge in [-0.05, 0) is 37.4 Å². The Labute approximate surface area is 129 Å². The van der Waals surface area contributed by atoms with Crippen molar-refractivity contribution in [1.29, 1.82) is 0 Å². The van der Waals surface area contributed by atoms with Gasteiger partial charge in [-0.25, -0.2) is 13.1 Å². The quantitative estimate of drug-likeness (QED) is 0.695. The molecule has 21 heavy (non-hydrogen) atoms. The number of hydrogen-bond donors (Lipinski definition) is 3. The Morgan fingerprint density at radius 2 is 2.24 bits per heavy atom. The summed E-state index contributed by atoms with van der Waals surface area (Å²) < 4.78 is 27.3. The first-order valence-corrected chi connectivity index (χ1v) is 9.30. The van der Waals surface area contributed by atoms with Gasteiger partial charge in [-0.2, -0.15) is 0 Å². The van der Waals surface area contributed by atoms with Gasteiger partial charge < -0.3 is 10.3 Å². The minimum atomic E-state index is -3.47. The number of thiophene rings is 1. The first-order chi connectivity index (χ1) is 10.0. The molecule has 0 bridgehead atoms. The normalized spacial score (nSPS) is 13.4. The van der Waals surface area contributed by atoms with Gasteiger partial charge in [0.15, 0.2) is 0 Å². The lowest BCUT2D eigenvalue weighted by Gasteiger charge is -2.12. The zero-order valence-corrected chi connectivity index (χ0v) is 13.9. The van der Waals surface area contributed by atoms with E-state index >= 15 is 0 Å². The van der Waals surface area contributed by atoms with Gasteiger partial charge in [-0.1, -0.05) is 13.0 Å². The summed E-state index contributed by atoms with van der Waals surface area (Å²) in [6.07, 6.45) is 2.23. The number of H-pyrrole nitrogens is 1. The summed E-state index contributed by atoms with van der Waals surface area (Å²) in [7, 11) is -3.47. The number of aromatic nitrogens is 1. The maximum atomic E-state index is 12.3. The third kappa shape index (κ3) is 4.67. The molecule has 0 aliphatic rings. The zero-order valence-electron chi connectivity index (χ0n) is 12.2. The number of sulfonamides is 1. The van der Waals surface area contributed by atoms with Gasteiger partial charge in [0, 0.05) is 29.4 Å². The minimum Gasteiger partial charge on any atom is -0.363 e. The molecule has 2 heterocycles. The highest BCUT2D eigenvalue weighted by atomic mass is 32.2. The molecule has 2 aromatic rings. The summed E-state index contributed by atoms with van der Waals surface area (Å²) in [6.45, 7) is 5.37. The molecule has 0 aliphatic carbocycles. The fraction of sp³-hybridized carbons (Fsp3) is 0.429. The van der Waals surface area contributed by atoms with Crippen LogP contribution in [0.4, 0.5) is 0 Å². The first-order valence-electron chi connectivity index (χ1n) is 6.94. The average Bonchev–Trinajstić information content (AvgIpc) is 3.06. The Bertz CT molecular complexity index is 648. The van der Waals surface area contributed by atoms with Crippen molar-refractivity contribution in [2.24, 2.45) is 0 Å². The summed E-state index contributed by atoms with van der Waals surface area (Å²) in [4.78, 5) is 4.44. The molecular weight excluding hydrogens is 306 g/mol. The number of hydrogen-bond acceptors (Lipinski definition) is 4. The highest BCUT2D eigenvalue weighted by Crippen LogP contribution is 2.14. The minimum absolute atomic E-state index is 0.138. The molecule has 0 saturated carbocycles. The number of rotatable bonds is 8. The van der Waals surface area contributed by atoms with Crippen molar-refractivity contribution >= 4 is 21.4 Å². The van der Waals surface area contributed by atoms with Crippen molar-refractivity contribution in [3.8, 4) is 0 Å². The molecule has 0 aliphatic heterocycles. The van der Waals surface area contributed by atoms with Crippen LogP contribution in [-0.2, 0) is 23.0 Å². The number of nitrogens with one attached hydrogen (secondary N) is 3. The van der Waals surface area contributed by atoms with Crippen molar-refractivity contribution in [2.45, 2.75) is 37.8 Å². The third-order valence-corrected chi connectivity index (χ3v) is 5.50. The van der Waals surface area contributed by atoms with E-state index in [0.717, 1.165) is 12.2 Å². The van der Waals surface area contributed by atoms with Crippen molar-refractivity contribution in [3.05, 3.63) is 40.3 Å². The molecule has 3 N–H and O–H groups in total. The van der Waals surface area contributed by atoms with E-state index in [1.54, 1.807) is 17.4 Å². The van der Waals surface area contributed by atoms with Gasteiger partial charge in [0.05, 0.1) is 4.90 Å². The van der Waals surface area contributed by atoms with Crippen LogP contribution < -0.4 is 10.0 Å². The predicted octanol–water partition coefficient (Wildman–Crippen LogP) is 2.10. The summed E-state index contributed by atoms with van der Waals surface area (Å²) >= 11 is 1.64. The van der Waals surface area contributed by atoms with Crippen LogP contribution in [0.1, 0.15) is 24.4 Å². The van der Waals surface area contributed by atoms with Crippen molar-refractivity contribution in [2.75, 3.05) is 6.54 Å². The van der Waals surface area contributed by atoms with E-state index in [9.17, 15) is 8.42 Å². The Hall–Kier alpha value is -1.15. The van der Waals surface area contributed by atoms with E-state index in [1.807, 2.05) is 31.4 Å². The summed E-state index contributed by atoms with van der Waals surface area (Å²) in [6, 6.07) is 5.52. The van der Waals surface area contributed by atoms with Crippen molar-refractivity contribution in [3.63, 3.8) is 0 Å². The summed E-state index contributed by atoms with van der Waals surface area (Å²) in [5.41, 5.74) is 0.864. The molecule has 0 fully saturated rings. The molecule has 1 unspecified atom stereocenters. The monoisotopic (exact) mass is 327 g/mol. The van der Waals surface area contributed by atoms with Crippen LogP contribution in [0, 0.1) is 0 Å². The Morgan fingerprint density at radius 3 is 2.90 bits per heavy atom. The maximum Gasteiger partial charge on any atom is 0.242 e. The smallest absolute Gasteiger partial charge is 0.242 e. The Balaban J connectivity index is 1.98. The Kier molecular flexibility index (Phi) is 5.58. The van der Waals surface area contributed by atoms with E-state index < -0.39 is 10.0 Å². The lowest BCUT2D eigenvalue weighted by molar-refractivity contribution is 0.561. The lowest BCUT2D eigenvalue weighted by atomic mass is 10.2. The van der Waals surface area contributed by atoms with Gasteiger partial charge in [0.25, 0.3) is 0 Å². The summed E-state index contributed by atoms with van der Waals surface area (Å²) in [5.74, 6) is 0. The molecular formula is C14H21N3O2S2. The van der Waals surface area contributed by atoms with Crippen LogP contribution >= 0.6 is 11.3 Å². The van der Waals surface area contributed by atoms with E-state index in [-0.39, 0.29) is 10.9 Å². The highest BCUT2D eigenvalue weighted by Gasteiger charge is 2.19. The molecule has 0 amide bonds. The van der Waals surface area contributed by atoms with Crippen LogP contribution in [0.2, 0.25) is 0 Å². The fourth-order valence-corrected chi connectivity index (χ4v) is 4.14. The van der Waals surface area contributed by atoms with E-state index in [0.29, 0.717) is 13.0 Å². The largest absolute Gasteiger partial charge is 0.363 e. The molecule has 116 valence electrons. The van der Waals surface area contributed by atoms with Gasteiger partial charge in [-0.3, -0.25) is 0 Å². The van der Waals surface area contributed by atoms with Crippen LogP contribution in [0.15, 0.2) is 34.7 Å². The van der Waals surface area contributed by atoms with Gasteiger partial charge >= 0.3 is 0 Å². The second-order valence-electron chi connectivity index (χ2n) is 4.95. The van der Waals surface area contributed by atoms with Crippen LogP contribution in [0.5, 0.6) is 0 Å². The standard InChI is InChI=1S/C14H21N3O2S2/c1-3-15-9-12-8-14(10-16-12)21(18,19)17-11(2)7-13-5-4-6-20-13/h4-6,8,10-11,15-17H,3,7,9H2,1-2H3. The lowest BCUT2D eigenvalue weighted by Crippen LogP contribution is -2.33. The molecule has 5 nitrogen and oxygen atoms in total. The molecule has 0 spiro atoms. The topological polar surface area (TPSA) is 74.0 Å². The van der Waals surface area contributed by atoms with Crippen molar-refractivity contribution < 1.29 is 8.42 Å². The van der Waals surface area contributed by atoms with E-state index in [1.165, 1.54) is 11.1 Å². The molecule has 0 radical (unpaired) electrons. The van der Waals surface area contributed by atoms with Crippen molar-refractivity contribution in [1.82, 2.24) is 15.0 Å². The third-order valence-electron chi connectivity index (χ3n) is 3.04. The molecule has 2 aromatic heterocycles. The SMILES string of the molecule is CCNCc1cc(S(=O)(=O)NC(C)Cc2cccs2)c[nH]1. The zero-order chi connectivity index (χ0) is 15.3.